The minimum absolute atomic E-state index is 0.00351. The molecule has 1 aliphatic rings. The van der Waals surface area contributed by atoms with Gasteiger partial charge >= 0.3 is 0 Å². The lowest BCUT2D eigenvalue weighted by Gasteiger charge is -2.24. The fraction of sp³-hybridized carbons (Fsp3) is 0.259. The molecule has 158 valence electrons. The van der Waals surface area contributed by atoms with Crippen molar-refractivity contribution in [3.05, 3.63) is 102 Å². The van der Waals surface area contributed by atoms with Gasteiger partial charge in [-0.05, 0) is 48.1 Å². The van der Waals surface area contributed by atoms with Crippen LogP contribution in [0.5, 0.6) is 0 Å². The van der Waals surface area contributed by atoms with Gasteiger partial charge in [0.1, 0.15) is 0 Å². The van der Waals surface area contributed by atoms with Crippen molar-refractivity contribution in [1.82, 2.24) is 5.32 Å². The standard InChI is InChI=1S/C27H28N2O2/c30-26(28-17-16-21-8-3-1-4-9-21)19-23-12-7-13-25(18-23)29(27(31)24-14-15-24)20-22-10-5-2-6-11-22/h1-13,18,24H,14-17,19-20H2,(H,28,30). The lowest BCUT2D eigenvalue weighted by molar-refractivity contribution is -0.120. The van der Waals surface area contributed by atoms with Crippen LogP contribution in [0.4, 0.5) is 5.69 Å². The Bertz CT molecular complexity index is 1010. The SMILES string of the molecule is O=C(Cc1cccc(N(Cc2ccccc2)C(=O)C2CC2)c1)NCCc1ccccc1. The molecular weight excluding hydrogens is 384 g/mol. The minimum atomic E-state index is -0.00351. The van der Waals surface area contributed by atoms with E-state index in [-0.39, 0.29) is 17.7 Å². The minimum Gasteiger partial charge on any atom is -0.355 e. The highest BCUT2D eigenvalue weighted by atomic mass is 16.2. The summed E-state index contributed by atoms with van der Waals surface area (Å²) < 4.78 is 0. The van der Waals surface area contributed by atoms with E-state index in [4.69, 9.17) is 0 Å². The van der Waals surface area contributed by atoms with Gasteiger partial charge in [-0.1, -0.05) is 72.8 Å². The van der Waals surface area contributed by atoms with E-state index in [1.54, 1.807) is 0 Å². The first-order valence-electron chi connectivity index (χ1n) is 10.9. The maximum Gasteiger partial charge on any atom is 0.230 e. The van der Waals surface area contributed by atoms with Gasteiger partial charge in [-0.2, -0.15) is 0 Å². The average molecular weight is 413 g/mol. The van der Waals surface area contributed by atoms with E-state index in [1.807, 2.05) is 77.7 Å². The van der Waals surface area contributed by atoms with Crippen molar-refractivity contribution in [2.45, 2.75) is 32.2 Å². The number of nitrogens with zero attached hydrogens (tertiary/aromatic N) is 1. The van der Waals surface area contributed by atoms with Gasteiger partial charge in [-0.3, -0.25) is 9.59 Å². The summed E-state index contributed by atoms with van der Waals surface area (Å²) in [6.45, 7) is 1.16. The Morgan fingerprint density at radius 1 is 0.806 bits per heavy atom. The molecule has 0 unspecified atom stereocenters. The molecule has 1 N–H and O–H groups in total. The third-order valence-electron chi connectivity index (χ3n) is 5.54. The van der Waals surface area contributed by atoms with Gasteiger partial charge in [0.15, 0.2) is 0 Å². The molecule has 0 radical (unpaired) electrons. The number of amides is 2. The molecule has 31 heavy (non-hydrogen) atoms. The van der Waals surface area contributed by atoms with Gasteiger partial charge in [0.05, 0.1) is 13.0 Å². The van der Waals surface area contributed by atoms with Crippen molar-refractivity contribution in [2.24, 2.45) is 5.92 Å². The summed E-state index contributed by atoms with van der Waals surface area (Å²) in [5.41, 5.74) is 4.08. The summed E-state index contributed by atoms with van der Waals surface area (Å²) in [6.07, 6.45) is 3.05. The van der Waals surface area contributed by atoms with E-state index in [1.165, 1.54) is 5.56 Å². The monoisotopic (exact) mass is 412 g/mol. The number of rotatable bonds is 9. The van der Waals surface area contributed by atoms with Crippen LogP contribution < -0.4 is 10.2 Å². The van der Waals surface area contributed by atoms with Gasteiger partial charge in [-0.25, -0.2) is 0 Å². The van der Waals surface area contributed by atoms with Crippen LogP contribution in [0.2, 0.25) is 0 Å². The largest absolute Gasteiger partial charge is 0.355 e. The van der Waals surface area contributed by atoms with Crippen molar-refractivity contribution >= 4 is 17.5 Å². The second-order valence-corrected chi connectivity index (χ2v) is 8.12. The van der Waals surface area contributed by atoms with Gasteiger partial charge in [-0.15, -0.1) is 0 Å². The lowest BCUT2D eigenvalue weighted by atomic mass is 10.1. The summed E-state index contributed by atoms with van der Waals surface area (Å²) >= 11 is 0. The summed E-state index contributed by atoms with van der Waals surface area (Å²) in [7, 11) is 0. The molecule has 0 aliphatic heterocycles. The zero-order valence-electron chi connectivity index (χ0n) is 17.7. The Balaban J connectivity index is 1.40. The molecule has 0 bridgehead atoms. The molecule has 4 nitrogen and oxygen atoms in total. The highest BCUT2D eigenvalue weighted by Gasteiger charge is 2.34. The number of carbonyl (C=O) groups is 2. The average Bonchev–Trinajstić information content (AvgIpc) is 3.64. The Morgan fingerprint density at radius 3 is 2.13 bits per heavy atom. The first kappa shape index (κ1) is 20.9. The van der Waals surface area contributed by atoms with Crippen molar-refractivity contribution in [3.63, 3.8) is 0 Å². The van der Waals surface area contributed by atoms with E-state index in [2.05, 4.69) is 17.4 Å². The van der Waals surface area contributed by atoms with Crippen LogP contribution in [-0.2, 0) is 29.0 Å². The second kappa shape index (κ2) is 10.1. The van der Waals surface area contributed by atoms with Crippen molar-refractivity contribution in [2.75, 3.05) is 11.4 Å². The normalized spacial score (nSPS) is 12.9. The fourth-order valence-corrected chi connectivity index (χ4v) is 3.69. The van der Waals surface area contributed by atoms with Crippen LogP contribution in [-0.4, -0.2) is 18.4 Å². The van der Waals surface area contributed by atoms with E-state index in [0.29, 0.717) is 19.5 Å². The van der Waals surface area contributed by atoms with Crippen LogP contribution in [0.3, 0.4) is 0 Å². The number of carbonyl (C=O) groups excluding carboxylic acids is 2. The molecule has 1 fully saturated rings. The number of benzene rings is 3. The maximum absolute atomic E-state index is 13.0. The zero-order valence-corrected chi connectivity index (χ0v) is 17.7. The molecule has 3 aromatic carbocycles. The van der Waals surface area contributed by atoms with Gasteiger partial charge < -0.3 is 10.2 Å². The third-order valence-corrected chi connectivity index (χ3v) is 5.54. The van der Waals surface area contributed by atoms with E-state index < -0.39 is 0 Å². The summed E-state index contributed by atoms with van der Waals surface area (Å²) in [6, 6.07) is 28.0. The number of anilines is 1. The van der Waals surface area contributed by atoms with Crippen LogP contribution >= 0.6 is 0 Å². The smallest absolute Gasteiger partial charge is 0.230 e. The van der Waals surface area contributed by atoms with Crippen molar-refractivity contribution < 1.29 is 9.59 Å². The predicted octanol–water partition coefficient (Wildman–Crippen LogP) is 4.53. The molecule has 3 aromatic rings. The van der Waals surface area contributed by atoms with Crippen LogP contribution in [0.25, 0.3) is 0 Å². The molecule has 0 atom stereocenters. The summed E-state index contributed by atoms with van der Waals surface area (Å²) in [4.78, 5) is 27.3. The second-order valence-electron chi connectivity index (χ2n) is 8.12. The number of hydrogen-bond acceptors (Lipinski definition) is 2. The Hall–Kier alpha value is -3.40. The van der Waals surface area contributed by atoms with Gasteiger partial charge in [0, 0.05) is 18.2 Å². The quantitative estimate of drug-likeness (QED) is 0.561. The lowest BCUT2D eigenvalue weighted by Crippen LogP contribution is -2.32. The maximum atomic E-state index is 13.0. The summed E-state index contributed by atoms with van der Waals surface area (Å²) in [5.74, 6) is 0.304. The molecule has 0 saturated heterocycles. The van der Waals surface area contributed by atoms with Crippen molar-refractivity contribution in [1.29, 1.82) is 0 Å². The fourth-order valence-electron chi connectivity index (χ4n) is 3.69. The first-order valence-corrected chi connectivity index (χ1v) is 10.9. The summed E-state index contributed by atoms with van der Waals surface area (Å²) in [5, 5.41) is 3.00. The molecule has 0 spiro atoms. The topological polar surface area (TPSA) is 49.4 Å². The first-order chi connectivity index (χ1) is 15.2. The Labute approximate surface area is 183 Å². The number of nitrogens with one attached hydrogen (secondary N) is 1. The molecule has 1 saturated carbocycles. The molecule has 0 aromatic heterocycles. The van der Waals surface area contributed by atoms with Gasteiger partial charge in [0.25, 0.3) is 0 Å². The molecule has 2 amide bonds. The van der Waals surface area contributed by atoms with E-state index in [0.717, 1.165) is 36.1 Å². The third kappa shape index (κ3) is 6.05. The van der Waals surface area contributed by atoms with Crippen LogP contribution in [0.15, 0.2) is 84.9 Å². The predicted molar refractivity (Wildman–Crippen MR) is 124 cm³/mol. The highest BCUT2D eigenvalue weighted by molar-refractivity contribution is 5.96. The van der Waals surface area contributed by atoms with Gasteiger partial charge in [0.2, 0.25) is 11.8 Å². The van der Waals surface area contributed by atoms with E-state index >= 15 is 0 Å². The molecular formula is C27H28N2O2. The molecule has 4 heteroatoms. The Kier molecular flexibility index (Phi) is 6.78. The zero-order chi connectivity index (χ0) is 21.5. The molecule has 4 rings (SSSR count). The van der Waals surface area contributed by atoms with Crippen LogP contribution in [0.1, 0.15) is 29.5 Å². The van der Waals surface area contributed by atoms with E-state index in [9.17, 15) is 9.59 Å². The highest BCUT2D eigenvalue weighted by Crippen LogP contribution is 2.33. The Morgan fingerprint density at radius 2 is 1.45 bits per heavy atom. The number of hydrogen-bond donors (Lipinski definition) is 1. The molecule has 0 heterocycles. The van der Waals surface area contributed by atoms with Crippen LogP contribution in [0, 0.1) is 5.92 Å². The molecule has 1 aliphatic carbocycles. The van der Waals surface area contributed by atoms with Crippen molar-refractivity contribution in [3.8, 4) is 0 Å².